The van der Waals surface area contributed by atoms with E-state index in [-0.39, 0.29) is 46.3 Å². The number of carbonyl (C=O) groups is 2. The number of carbonyl (C=O) groups excluding carboxylic acids is 2. The Hall–Kier alpha value is -3.54. The second-order valence-corrected chi connectivity index (χ2v) is 12.8. The number of benzene rings is 4. The van der Waals surface area contributed by atoms with Crippen molar-refractivity contribution in [1.82, 2.24) is 0 Å². The summed E-state index contributed by atoms with van der Waals surface area (Å²) >= 11 is 15.0. The molecule has 0 spiro atoms. The molecule has 1 aliphatic carbocycles. The maximum atomic E-state index is 12.7. The predicted octanol–water partition coefficient (Wildman–Crippen LogP) is 11.9. The molecule has 0 amide bonds. The maximum Gasteiger partial charge on any atom is 0.416 e. The average molecular weight is 776 g/mol. The lowest BCUT2D eigenvalue weighted by molar-refractivity contribution is -0.138. The fourth-order valence-corrected chi connectivity index (χ4v) is 5.52. The minimum atomic E-state index is -4.46. The van der Waals surface area contributed by atoms with Crippen molar-refractivity contribution in [2.45, 2.75) is 58.2 Å². The molecule has 13 heteroatoms. The summed E-state index contributed by atoms with van der Waals surface area (Å²) in [6.07, 6.45) is -6.70. The van der Waals surface area contributed by atoms with Crippen LogP contribution in [0, 0.1) is 0 Å². The number of ether oxygens (including phenoxy) is 2. The smallest absolute Gasteiger partial charge is 0.416 e. The van der Waals surface area contributed by atoms with Crippen LogP contribution in [0.2, 0.25) is 10.0 Å². The molecule has 0 N–H and O–H groups in total. The Kier molecular flexibility index (Phi) is 11.9. The molecule has 1 saturated carbocycles. The third kappa shape index (κ3) is 10.5. The first-order chi connectivity index (χ1) is 22.4. The van der Waals surface area contributed by atoms with Gasteiger partial charge in [-0.25, -0.2) is 0 Å². The Morgan fingerprint density at radius 1 is 0.688 bits per heavy atom. The van der Waals surface area contributed by atoms with Crippen LogP contribution in [0.15, 0.2) is 77.3 Å². The zero-order valence-corrected chi connectivity index (χ0v) is 28.5. The van der Waals surface area contributed by atoms with Gasteiger partial charge in [0, 0.05) is 15.6 Å². The summed E-state index contributed by atoms with van der Waals surface area (Å²) in [4.78, 5) is 23.1. The summed E-state index contributed by atoms with van der Waals surface area (Å²) < 4.78 is 87.5. The highest BCUT2D eigenvalue weighted by Crippen LogP contribution is 2.41. The van der Waals surface area contributed by atoms with E-state index in [1.807, 2.05) is 12.1 Å². The number of ketones is 2. The maximum absolute atomic E-state index is 12.7. The van der Waals surface area contributed by atoms with Crippen molar-refractivity contribution in [3.63, 3.8) is 0 Å². The minimum absolute atomic E-state index is 0.0312. The topological polar surface area (TPSA) is 52.6 Å². The van der Waals surface area contributed by atoms with Crippen LogP contribution in [0.25, 0.3) is 0 Å². The molecule has 0 unspecified atom stereocenters. The average Bonchev–Trinajstić information content (AvgIpc) is 3.85. The first-order valence-corrected chi connectivity index (χ1v) is 15.9. The summed E-state index contributed by atoms with van der Waals surface area (Å²) in [5.41, 5.74) is 2.06. The predicted molar refractivity (Wildman–Crippen MR) is 174 cm³/mol. The fraction of sp³-hybridized carbons (Fsp3) is 0.257. The monoisotopic (exact) mass is 774 g/mol. The van der Waals surface area contributed by atoms with Crippen molar-refractivity contribution >= 4 is 50.7 Å². The molecule has 0 saturated heterocycles. The SMILES string of the molecule is CC(=O)c1cc(Br)cc(COc2ccc(C(F)(F)F)cc2Cl)c1.CC(=O)c1cc(COc2ccc(C(F)(F)F)cc2Cl)cc(C2CC2)c1. The van der Waals surface area contributed by atoms with Gasteiger partial charge in [-0.2, -0.15) is 26.3 Å². The van der Waals surface area contributed by atoms with Gasteiger partial charge in [-0.1, -0.05) is 45.2 Å². The summed E-state index contributed by atoms with van der Waals surface area (Å²) in [6, 6.07) is 16.6. The molecule has 1 fully saturated rings. The molecule has 0 aromatic heterocycles. The van der Waals surface area contributed by atoms with E-state index in [1.54, 1.807) is 24.3 Å². The van der Waals surface area contributed by atoms with Crippen molar-refractivity contribution < 1.29 is 45.4 Å². The molecule has 4 aromatic carbocycles. The van der Waals surface area contributed by atoms with Gasteiger partial charge >= 0.3 is 12.4 Å². The van der Waals surface area contributed by atoms with E-state index in [1.165, 1.54) is 26.0 Å². The van der Waals surface area contributed by atoms with E-state index < -0.39 is 23.5 Å². The highest BCUT2D eigenvalue weighted by Gasteiger charge is 2.32. The van der Waals surface area contributed by atoms with E-state index >= 15 is 0 Å². The number of halogens is 9. The zero-order chi connectivity index (χ0) is 35.4. The van der Waals surface area contributed by atoms with Crippen LogP contribution < -0.4 is 9.47 Å². The fourth-order valence-electron chi connectivity index (χ4n) is 4.50. The Bertz CT molecular complexity index is 1820. The van der Waals surface area contributed by atoms with Gasteiger partial charge in [0.2, 0.25) is 0 Å². The summed E-state index contributed by atoms with van der Waals surface area (Å²) in [5, 5.41) is -0.221. The molecule has 0 radical (unpaired) electrons. The molecule has 5 rings (SSSR count). The zero-order valence-electron chi connectivity index (χ0n) is 25.4. The van der Waals surface area contributed by atoms with Crippen LogP contribution in [0.1, 0.15) is 81.1 Å². The van der Waals surface area contributed by atoms with Crippen LogP contribution in [0.5, 0.6) is 11.5 Å². The number of alkyl halides is 6. The summed E-state index contributed by atoms with van der Waals surface area (Å²) in [5.74, 6) is 0.670. The van der Waals surface area contributed by atoms with E-state index in [9.17, 15) is 35.9 Å². The van der Waals surface area contributed by atoms with Crippen molar-refractivity contribution in [2.75, 3.05) is 0 Å². The van der Waals surface area contributed by atoms with Crippen LogP contribution in [0.4, 0.5) is 26.3 Å². The lowest BCUT2D eigenvalue weighted by atomic mass is 10.0. The molecule has 0 aliphatic heterocycles. The van der Waals surface area contributed by atoms with E-state index in [0.717, 1.165) is 48.2 Å². The first-order valence-electron chi connectivity index (χ1n) is 14.3. The van der Waals surface area contributed by atoms with Gasteiger partial charge in [0.15, 0.2) is 11.6 Å². The third-order valence-corrected chi connectivity index (χ3v) is 8.19. The Morgan fingerprint density at radius 3 is 1.52 bits per heavy atom. The number of hydrogen-bond donors (Lipinski definition) is 0. The van der Waals surface area contributed by atoms with Gasteiger partial charge in [0.05, 0.1) is 21.2 Å². The van der Waals surface area contributed by atoms with Crippen LogP contribution in [0.3, 0.4) is 0 Å². The molecule has 4 aromatic rings. The molecular formula is C35H27BrCl2F6O4. The standard InChI is InChI=1S/C19H16ClF3O2.C16H11BrClF3O2/c1-11(24)14-6-12(7-15(8-14)13-2-3-13)10-25-18-5-4-16(9-17(18)20)19(21,22)23;1-9(22)11-4-10(5-13(17)6-11)8-23-15-3-2-12(7-14(15)18)16(19,20)21/h4-9,13H,2-3,10H2,1H3;2-7H,8H2,1H3. The molecule has 254 valence electrons. The van der Waals surface area contributed by atoms with Crippen molar-refractivity contribution in [3.05, 3.63) is 126 Å². The van der Waals surface area contributed by atoms with Crippen LogP contribution in [-0.4, -0.2) is 11.6 Å². The first kappa shape index (κ1) is 37.3. The molecule has 0 atom stereocenters. The second-order valence-electron chi connectivity index (χ2n) is 11.1. The molecule has 1 aliphatic rings. The molecule has 4 nitrogen and oxygen atoms in total. The highest BCUT2D eigenvalue weighted by molar-refractivity contribution is 9.10. The lowest BCUT2D eigenvalue weighted by Gasteiger charge is -2.13. The van der Waals surface area contributed by atoms with Crippen LogP contribution >= 0.6 is 39.1 Å². The third-order valence-electron chi connectivity index (χ3n) is 7.14. The van der Waals surface area contributed by atoms with Gasteiger partial charge in [0.1, 0.15) is 24.7 Å². The second kappa shape index (κ2) is 15.3. The van der Waals surface area contributed by atoms with E-state index in [4.69, 9.17) is 32.7 Å². The van der Waals surface area contributed by atoms with Gasteiger partial charge in [-0.15, -0.1) is 0 Å². The van der Waals surface area contributed by atoms with Crippen molar-refractivity contribution in [3.8, 4) is 11.5 Å². The summed E-state index contributed by atoms with van der Waals surface area (Å²) in [6.45, 7) is 3.15. The quantitative estimate of drug-likeness (QED) is 0.125. The molecule has 0 bridgehead atoms. The molecular weight excluding hydrogens is 749 g/mol. The molecule has 0 heterocycles. The van der Waals surface area contributed by atoms with Gasteiger partial charge in [0.25, 0.3) is 0 Å². The van der Waals surface area contributed by atoms with Crippen molar-refractivity contribution in [1.29, 1.82) is 0 Å². The Morgan fingerprint density at radius 2 is 1.12 bits per heavy atom. The normalized spacial score (nSPS) is 13.0. The number of Topliss-reactive ketones (excluding diaryl/α,β-unsaturated/α-hetero) is 2. The minimum Gasteiger partial charge on any atom is -0.487 e. The highest BCUT2D eigenvalue weighted by atomic mass is 79.9. The summed E-state index contributed by atoms with van der Waals surface area (Å²) in [7, 11) is 0. The molecule has 48 heavy (non-hydrogen) atoms. The largest absolute Gasteiger partial charge is 0.487 e. The van der Waals surface area contributed by atoms with Gasteiger partial charge in [-0.05, 0) is 116 Å². The van der Waals surface area contributed by atoms with Crippen molar-refractivity contribution in [2.24, 2.45) is 0 Å². The van der Waals surface area contributed by atoms with Gasteiger partial charge < -0.3 is 9.47 Å². The number of hydrogen-bond acceptors (Lipinski definition) is 4. The van der Waals surface area contributed by atoms with Crippen LogP contribution in [-0.2, 0) is 25.6 Å². The Labute approximate surface area is 291 Å². The van der Waals surface area contributed by atoms with Gasteiger partial charge in [-0.3, -0.25) is 9.59 Å². The lowest BCUT2D eigenvalue weighted by Crippen LogP contribution is -2.05. The van der Waals surface area contributed by atoms with E-state index in [0.29, 0.717) is 27.1 Å². The van der Waals surface area contributed by atoms with E-state index in [2.05, 4.69) is 15.9 Å². The number of rotatable bonds is 9. The Balaban J connectivity index is 0.000000218.